The van der Waals surface area contributed by atoms with Gasteiger partial charge >= 0.3 is 5.97 Å². The van der Waals surface area contributed by atoms with Crippen LogP contribution in [-0.2, 0) is 9.59 Å². The van der Waals surface area contributed by atoms with Gasteiger partial charge in [0.1, 0.15) is 0 Å². The molecule has 1 N–H and O–H groups in total. The number of carbonyl (C=O) groups is 3. The van der Waals surface area contributed by atoms with Gasteiger partial charge in [-0.15, -0.1) is 0 Å². The van der Waals surface area contributed by atoms with Crippen LogP contribution < -0.4 is 0 Å². The number of benzene rings is 1. The molecule has 0 aliphatic carbocycles. The normalized spacial score (nSPS) is 14.7. The fraction of sp³-hybridized carbons (Fsp3) is 0.400. The minimum absolute atomic E-state index is 0.0617. The van der Waals surface area contributed by atoms with Crippen LogP contribution in [-0.4, -0.2) is 69.2 Å². The first kappa shape index (κ1) is 19.6. The largest absolute Gasteiger partial charge is 0.481 e. The van der Waals surface area contributed by atoms with Crippen molar-refractivity contribution in [3.63, 3.8) is 0 Å². The zero-order valence-electron chi connectivity index (χ0n) is 16.0. The molecule has 2 heterocycles. The van der Waals surface area contributed by atoms with Crippen LogP contribution in [0.2, 0.25) is 0 Å². The number of carbonyl (C=O) groups excluding carboxylic acids is 2. The van der Waals surface area contributed by atoms with E-state index in [0.717, 1.165) is 11.4 Å². The number of nitrogens with zero attached hydrogens (tertiary/aromatic N) is 4. The van der Waals surface area contributed by atoms with Crippen LogP contribution in [0.25, 0.3) is 5.69 Å². The second kappa shape index (κ2) is 8.24. The standard InChI is InChI=1S/C20H24N4O4/c1-14-12-17(21-24(14)16-6-4-3-5-7-16)19(26)22(2)13-18(25)23-10-8-15(9-11-23)20(27)28/h3-7,12,15H,8-11,13H2,1-2H3,(H,27,28). The second-order valence-corrected chi connectivity index (χ2v) is 7.07. The number of aryl methyl sites for hydroxylation is 1. The van der Waals surface area contributed by atoms with Crippen LogP contribution in [0.1, 0.15) is 29.0 Å². The molecule has 8 nitrogen and oxygen atoms in total. The molecular formula is C20H24N4O4. The van der Waals surface area contributed by atoms with Gasteiger partial charge < -0.3 is 14.9 Å². The van der Waals surface area contributed by atoms with E-state index >= 15 is 0 Å². The lowest BCUT2D eigenvalue weighted by molar-refractivity contribution is -0.145. The molecule has 1 saturated heterocycles. The predicted octanol–water partition coefficient (Wildman–Crippen LogP) is 1.58. The Hall–Kier alpha value is -3.16. The van der Waals surface area contributed by atoms with Crippen LogP contribution in [0.4, 0.5) is 0 Å². The van der Waals surface area contributed by atoms with E-state index in [-0.39, 0.29) is 24.1 Å². The maximum atomic E-state index is 12.7. The number of hydrogen-bond acceptors (Lipinski definition) is 4. The Labute approximate surface area is 163 Å². The fourth-order valence-electron chi connectivity index (χ4n) is 3.36. The van der Waals surface area contributed by atoms with Crippen molar-refractivity contribution in [2.75, 3.05) is 26.7 Å². The SMILES string of the molecule is Cc1cc(C(=O)N(C)CC(=O)N2CCC(C(=O)O)CC2)nn1-c1ccccc1. The number of rotatable bonds is 5. The van der Waals surface area contributed by atoms with E-state index in [1.807, 2.05) is 37.3 Å². The van der Waals surface area contributed by atoms with Crippen LogP contribution in [0, 0.1) is 12.8 Å². The molecule has 0 unspecified atom stereocenters. The topological polar surface area (TPSA) is 95.7 Å². The fourth-order valence-corrected chi connectivity index (χ4v) is 3.36. The number of likely N-dealkylation sites (tertiary alicyclic amines) is 1. The van der Waals surface area contributed by atoms with Gasteiger partial charge in [0.2, 0.25) is 5.91 Å². The van der Waals surface area contributed by atoms with Crippen molar-refractivity contribution < 1.29 is 19.5 Å². The molecule has 0 bridgehead atoms. The Bertz CT molecular complexity index is 870. The first-order valence-corrected chi connectivity index (χ1v) is 9.25. The zero-order valence-corrected chi connectivity index (χ0v) is 16.0. The lowest BCUT2D eigenvalue weighted by Crippen LogP contribution is -2.45. The summed E-state index contributed by atoms with van der Waals surface area (Å²) in [5, 5.41) is 13.4. The number of carboxylic acids is 1. The molecule has 28 heavy (non-hydrogen) atoms. The van der Waals surface area contributed by atoms with Gasteiger partial charge in [0.05, 0.1) is 18.2 Å². The molecule has 2 aromatic rings. The highest BCUT2D eigenvalue weighted by Gasteiger charge is 2.28. The number of likely N-dealkylation sites (N-methyl/N-ethyl adjacent to an activating group) is 1. The third kappa shape index (κ3) is 4.21. The van der Waals surface area contributed by atoms with Gasteiger partial charge in [0.15, 0.2) is 5.69 Å². The van der Waals surface area contributed by atoms with E-state index in [9.17, 15) is 14.4 Å². The summed E-state index contributed by atoms with van der Waals surface area (Å²) < 4.78 is 1.69. The summed E-state index contributed by atoms with van der Waals surface area (Å²) in [6.45, 7) is 2.61. The maximum absolute atomic E-state index is 12.7. The summed E-state index contributed by atoms with van der Waals surface area (Å²) in [4.78, 5) is 39.2. The van der Waals surface area contributed by atoms with Crippen LogP contribution >= 0.6 is 0 Å². The lowest BCUT2D eigenvalue weighted by Gasteiger charge is -2.31. The van der Waals surface area contributed by atoms with Crippen LogP contribution in [0.15, 0.2) is 36.4 Å². The molecule has 0 saturated carbocycles. The van der Waals surface area contributed by atoms with Gasteiger partial charge in [-0.1, -0.05) is 18.2 Å². The molecule has 1 aliphatic heterocycles. The molecule has 0 spiro atoms. The third-order valence-corrected chi connectivity index (χ3v) is 5.02. The van der Waals surface area contributed by atoms with E-state index in [1.165, 1.54) is 4.90 Å². The lowest BCUT2D eigenvalue weighted by atomic mass is 9.97. The molecule has 148 valence electrons. The predicted molar refractivity (Wildman–Crippen MR) is 102 cm³/mol. The Morgan fingerprint density at radius 2 is 1.82 bits per heavy atom. The number of amides is 2. The van der Waals surface area contributed by atoms with E-state index in [2.05, 4.69) is 5.10 Å². The highest BCUT2D eigenvalue weighted by molar-refractivity contribution is 5.95. The Kier molecular flexibility index (Phi) is 5.77. The van der Waals surface area contributed by atoms with Crippen molar-refractivity contribution in [1.82, 2.24) is 19.6 Å². The maximum Gasteiger partial charge on any atom is 0.306 e. The molecule has 1 aromatic carbocycles. The first-order valence-electron chi connectivity index (χ1n) is 9.25. The summed E-state index contributed by atoms with van der Waals surface area (Å²) in [6, 6.07) is 11.2. The summed E-state index contributed by atoms with van der Waals surface area (Å²) in [5.41, 5.74) is 1.96. The minimum atomic E-state index is -0.816. The number of piperidine rings is 1. The van der Waals surface area contributed by atoms with Gasteiger partial charge in [-0.2, -0.15) is 5.10 Å². The minimum Gasteiger partial charge on any atom is -0.481 e. The van der Waals surface area contributed by atoms with Crippen molar-refractivity contribution in [2.45, 2.75) is 19.8 Å². The monoisotopic (exact) mass is 384 g/mol. The molecule has 1 aromatic heterocycles. The number of hydrogen-bond donors (Lipinski definition) is 1. The van der Waals surface area contributed by atoms with E-state index in [4.69, 9.17) is 5.11 Å². The average molecular weight is 384 g/mol. The van der Waals surface area contributed by atoms with Crippen LogP contribution in [0.5, 0.6) is 0 Å². The summed E-state index contributed by atoms with van der Waals surface area (Å²) in [6.07, 6.45) is 0.888. The molecule has 2 amide bonds. The van der Waals surface area contributed by atoms with E-state index < -0.39 is 11.9 Å². The highest BCUT2D eigenvalue weighted by Crippen LogP contribution is 2.18. The number of para-hydroxylation sites is 1. The highest BCUT2D eigenvalue weighted by atomic mass is 16.4. The molecular weight excluding hydrogens is 360 g/mol. The van der Waals surface area contributed by atoms with Gasteiger partial charge in [-0.05, 0) is 38.0 Å². The number of carboxylic acid groups (broad SMARTS) is 1. The zero-order chi connectivity index (χ0) is 20.3. The Morgan fingerprint density at radius 3 is 2.43 bits per heavy atom. The van der Waals surface area contributed by atoms with Gasteiger partial charge in [0, 0.05) is 25.8 Å². The molecule has 0 radical (unpaired) electrons. The second-order valence-electron chi connectivity index (χ2n) is 7.07. The van der Waals surface area contributed by atoms with E-state index in [1.54, 1.807) is 22.7 Å². The summed E-state index contributed by atoms with van der Waals surface area (Å²) in [7, 11) is 1.57. The Morgan fingerprint density at radius 1 is 1.18 bits per heavy atom. The van der Waals surface area contributed by atoms with Gasteiger partial charge in [0.25, 0.3) is 5.91 Å². The van der Waals surface area contributed by atoms with E-state index in [0.29, 0.717) is 25.9 Å². The summed E-state index contributed by atoms with van der Waals surface area (Å²) >= 11 is 0. The van der Waals surface area contributed by atoms with Crippen molar-refractivity contribution in [3.8, 4) is 5.69 Å². The molecule has 1 fully saturated rings. The summed E-state index contributed by atoms with van der Waals surface area (Å²) in [5.74, 6) is -1.72. The van der Waals surface area contributed by atoms with Crippen molar-refractivity contribution in [2.24, 2.45) is 5.92 Å². The smallest absolute Gasteiger partial charge is 0.306 e. The molecule has 3 rings (SSSR count). The van der Waals surface area contributed by atoms with Gasteiger partial charge in [-0.25, -0.2) is 4.68 Å². The Balaban J connectivity index is 1.62. The number of aliphatic carboxylic acids is 1. The average Bonchev–Trinajstić information content (AvgIpc) is 3.09. The molecule has 0 atom stereocenters. The van der Waals surface area contributed by atoms with Crippen LogP contribution in [0.3, 0.4) is 0 Å². The van der Waals surface area contributed by atoms with Gasteiger partial charge in [-0.3, -0.25) is 14.4 Å². The van der Waals surface area contributed by atoms with Crippen molar-refractivity contribution in [1.29, 1.82) is 0 Å². The van der Waals surface area contributed by atoms with Crippen molar-refractivity contribution >= 4 is 17.8 Å². The first-order chi connectivity index (χ1) is 13.4. The number of aromatic nitrogens is 2. The molecule has 8 heteroatoms. The quantitative estimate of drug-likeness (QED) is 0.844. The molecule has 1 aliphatic rings. The third-order valence-electron chi connectivity index (χ3n) is 5.02. The van der Waals surface area contributed by atoms with Crippen molar-refractivity contribution in [3.05, 3.63) is 47.8 Å².